The van der Waals surface area contributed by atoms with Crippen molar-refractivity contribution in [2.45, 2.75) is 51.9 Å². The molecule has 0 radical (unpaired) electrons. The Bertz CT molecular complexity index is 184. The zero-order valence-corrected chi connectivity index (χ0v) is 9.44. The summed E-state index contributed by atoms with van der Waals surface area (Å²) in [7, 11) is 0. The lowest BCUT2D eigenvalue weighted by Gasteiger charge is -2.22. The molecule has 1 saturated carbocycles. The van der Waals surface area contributed by atoms with Crippen LogP contribution in [-0.4, -0.2) is 13.1 Å². The molecular formula is C13H23N. The number of hydrogen-bond acceptors (Lipinski definition) is 1. The molecule has 1 nitrogen and oxygen atoms in total. The van der Waals surface area contributed by atoms with Crippen LogP contribution in [0.4, 0.5) is 0 Å². The zero-order valence-electron chi connectivity index (χ0n) is 9.44. The van der Waals surface area contributed by atoms with Crippen LogP contribution in [0.25, 0.3) is 0 Å². The van der Waals surface area contributed by atoms with Gasteiger partial charge >= 0.3 is 0 Å². The van der Waals surface area contributed by atoms with Crippen molar-refractivity contribution >= 4 is 0 Å². The van der Waals surface area contributed by atoms with Crippen LogP contribution in [0, 0.1) is 17.8 Å². The first-order chi connectivity index (χ1) is 6.83. The van der Waals surface area contributed by atoms with Crippen LogP contribution in [0.3, 0.4) is 0 Å². The van der Waals surface area contributed by atoms with Crippen molar-refractivity contribution in [1.29, 1.82) is 0 Å². The Morgan fingerprint density at radius 1 is 1.29 bits per heavy atom. The minimum absolute atomic E-state index is 0.201. The topological polar surface area (TPSA) is 12.0 Å². The van der Waals surface area contributed by atoms with Crippen molar-refractivity contribution in [3.05, 3.63) is 0 Å². The molecule has 1 aliphatic carbocycles. The summed E-state index contributed by atoms with van der Waals surface area (Å²) in [6.45, 7) is 4.41. The van der Waals surface area contributed by atoms with E-state index in [1.54, 1.807) is 0 Å². The summed E-state index contributed by atoms with van der Waals surface area (Å²) in [6, 6.07) is 0. The first kappa shape index (κ1) is 11.6. The summed E-state index contributed by atoms with van der Waals surface area (Å²) in [5, 5.41) is 3.51. The molecule has 1 aliphatic rings. The van der Waals surface area contributed by atoms with Gasteiger partial charge in [-0.2, -0.15) is 0 Å². The predicted octanol–water partition coefficient (Wildman–Crippen LogP) is 2.96. The van der Waals surface area contributed by atoms with Crippen LogP contribution in [0.15, 0.2) is 0 Å². The minimum atomic E-state index is 0.201. The third-order valence-corrected chi connectivity index (χ3v) is 3.29. The molecule has 1 fully saturated rings. The van der Waals surface area contributed by atoms with Gasteiger partial charge in [-0.05, 0) is 25.8 Å². The maximum Gasteiger partial charge on any atom is 0.0436 e. The molecule has 0 saturated heterocycles. The molecule has 1 heteroatoms. The Hall–Kier alpha value is -0.480. The fraction of sp³-hybridized carbons (Fsp3) is 0.846. The SMILES string of the molecule is C#CC1(CNCCCCC)CCCC1. The maximum absolute atomic E-state index is 5.62. The average Bonchev–Trinajstić information content (AvgIpc) is 2.67. The number of hydrogen-bond donors (Lipinski definition) is 1. The minimum Gasteiger partial charge on any atom is -0.315 e. The molecule has 1 N–H and O–H groups in total. The Labute approximate surface area is 88.7 Å². The molecule has 0 atom stereocenters. The van der Waals surface area contributed by atoms with E-state index in [2.05, 4.69) is 18.2 Å². The van der Waals surface area contributed by atoms with Crippen molar-refractivity contribution < 1.29 is 0 Å². The highest BCUT2D eigenvalue weighted by Gasteiger charge is 2.30. The van der Waals surface area contributed by atoms with E-state index in [-0.39, 0.29) is 5.41 Å². The predicted molar refractivity (Wildman–Crippen MR) is 62.1 cm³/mol. The second kappa shape index (κ2) is 6.09. The normalized spacial score (nSPS) is 19.4. The first-order valence-electron chi connectivity index (χ1n) is 6.01. The van der Waals surface area contributed by atoms with Gasteiger partial charge in [0.25, 0.3) is 0 Å². The third-order valence-electron chi connectivity index (χ3n) is 3.29. The Balaban J connectivity index is 2.13. The molecule has 0 aliphatic heterocycles. The molecule has 80 valence electrons. The van der Waals surface area contributed by atoms with E-state index >= 15 is 0 Å². The molecule has 14 heavy (non-hydrogen) atoms. The lowest BCUT2D eigenvalue weighted by atomic mass is 9.87. The van der Waals surface area contributed by atoms with E-state index in [4.69, 9.17) is 6.42 Å². The van der Waals surface area contributed by atoms with Crippen LogP contribution < -0.4 is 5.32 Å². The fourth-order valence-electron chi connectivity index (χ4n) is 2.25. The van der Waals surface area contributed by atoms with Gasteiger partial charge < -0.3 is 5.32 Å². The highest BCUT2D eigenvalue weighted by Crippen LogP contribution is 2.36. The molecule has 0 amide bonds. The van der Waals surface area contributed by atoms with Gasteiger partial charge in [-0.15, -0.1) is 6.42 Å². The van der Waals surface area contributed by atoms with Crippen molar-refractivity contribution in [3.8, 4) is 12.3 Å². The molecule has 0 heterocycles. The van der Waals surface area contributed by atoms with Crippen LogP contribution >= 0.6 is 0 Å². The smallest absolute Gasteiger partial charge is 0.0436 e. The highest BCUT2D eigenvalue weighted by molar-refractivity contribution is 5.09. The molecule has 0 unspecified atom stereocenters. The standard InChI is InChI=1S/C13H23N/c1-3-5-8-11-14-12-13(4-2)9-6-7-10-13/h2,14H,3,5-12H2,1H3. The van der Waals surface area contributed by atoms with E-state index in [1.165, 1.54) is 44.9 Å². The Morgan fingerprint density at radius 2 is 2.00 bits per heavy atom. The maximum atomic E-state index is 5.62. The van der Waals surface area contributed by atoms with E-state index in [9.17, 15) is 0 Å². The Morgan fingerprint density at radius 3 is 2.57 bits per heavy atom. The van der Waals surface area contributed by atoms with Gasteiger partial charge in [0, 0.05) is 12.0 Å². The average molecular weight is 193 g/mol. The third kappa shape index (κ3) is 3.35. The van der Waals surface area contributed by atoms with Crippen LogP contribution in [0.2, 0.25) is 0 Å². The van der Waals surface area contributed by atoms with E-state index in [1.807, 2.05) is 0 Å². The van der Waals surface area contributed by atoms with E-state index < -0.39 is 0 Å². The summed E-state index contributed by atoms with van der Waals surface area (Å²) in [4.78, 5) is 0. The highest BCUT2D eigenvalue weighted by atomic mass is 14.9. The van der Waals surface area contributed by atoms with Crippen LogP contribution in [0.1, 0.15) is 51.9 Å². The molecule has 0 aromatic rings. The van der Waals surface area contributed by atoms with Gasteiger partial charge in [0.05, 0.1) is 0 Å². The van der Waals surface area contributed by atoms with Crippen LogP contribution in [-0.2, 0) is 0 Å². The summed E-state index contributed by atoms with van der Waals surface area (Å²) >= 11 is 0. The lowest BCUT2D eigenvalue weighted by molar-refractivity contribution is 0.382. The number of nitrogens with one attached hydrogen (secondary N) is 1. The quantitative estimate of drug-likeness (QED) is 0.505. The van der Waals surface area contributed by atoms with Gasteiger partial charge in [-0.25, -0.2) is 0 Å². The molecular weight excluding hydrogens is 170 g/mol. The molecule has 0 spiro atoms. The van der Waals surface area contributed by atoms with Gasteiger partial charge in [0.15, 0.2) is 0 Å². The summed E-state index contributed by atoms with van der Waals surface area (Å²) in [6.07, 6.45) is 14.6. The summed E-state index contributed by atoms with van der Waals surface area (Å²) in [5.41, 5.74) is 0.201. The van der Waals surface area contributed by atoms with Gasteiger partial charge in [0.2, 0.25) is 0 Å². The van der Waals surface area contributed by atoms with Crippen LogP contribution in [0.5, 0.6) is 0 Å². The monoisotopic (exact) mass is 193 g/mol. The Kier molecular flexibility index (Phi) is 5.04. The molecule has 0 bridgehead atoms. The number of unbranched alkanes of at least 4 members (excludes halogenated alkanes) is 2. The first-order valence-corrected chi connectivity index (χ1v) is 6.01. The van der Waals surface area contributed by atoms with Crippen molar-refractivity contribution in [3.63, 3.8) is 0 Å². The molecule has 0 aromatic carbocycles. The second-order valence-electron chi connectivity index (χ2n) is 4.52. The van der Waals surface area contributed by atoms with Crippen molar-refractivity contribution in [2.75, 3.05) is 13.1 Å². The van der Waals surface area contributed by atoms with E-state index in [0.29, 0.717) is 0 Å². The zero-order chi connectivity index (χ0) is 10.3. The largest absolute Gasteiger partial charge is 0.315 e. The van der Waals surface area contributed by atoms with Crippen molar-refractivity contribution in [2.24, 2.45) is 5.41 Å². The van der Waals surface area contributed by atoms with Gasteiger partial charge in [-0.1, -0.05) is 38.5 Å². The fourth-order valence-corrected chi connectivity index (χ4v) is 2.25. The summed E-state index contributed by atoms with van der Waals surface area (Å²) < 4.78 is 0. The lowest BCUT2D eigenvalue weighted by Crippen LogP contribution is -2.31. The van der Waals surface area contributed by atoms with Gasteiger partial charge in [0.1, 0.15) is 0 Å². The molecule has 1 rings (SSSR count). The van der Waals surface area contributed by atoms with Crippen molar-refractivity contribution in [1.82, 2.24) is 5.32 Å². The summed E-state index contributed by atoms with van der Waals surface area (Å²) in [5.74, 6) is 3.01. The molecule has 0 aromatic heterocycles. The second-order valence-corrected chi connectivity index (χ2v) is 4.52. The number of rotatable bonds is 6. The van der Waals surface area contributed by atoms with Gasteiger partial charge in [-0.3, -0.25) is 0 Å². The number of terminal acetylenes is 1. The van der Waals surface area contributed by atoms with E-state index in [0.717, 1.165) is 13.1 Å².